The number of hydrogen-bond donors (Lipinski definition) is 3. The Morgan fingerprint density at radius 1 is 1.23 bits per heavy atom. The predicted octanol–water partition coefficient (Wildman–Crippen LogP) is 1.27. The van der Waals surface area contributed by atoms with Crippen molar-refractivity contribution in [1.29, 1.82) is 0 Å². The number of carbonyl (C=O) groups excluding carboxylic acids is 2. The lowest BCUT2D eigenvalue weighted by atomic mass is 10.1. The number of piperidine rings is 1. The Balaban J connectivity index is 1.49. The summed E-state index contributed by atoms with van der Waals surface area (Å²) >= 11 is 0. The molecular formula is C18H24N6O2. The predicted molar refractivity (Wildman–Crippen MR) is 97.9 cm³/mol. The molecule has 1 aromatic heterocycles. The third-order valence-electron chi connectivity index (χ3n) is 4.49. The number of para-hydroxylation sites is 1. The summed E-state index contributed by atoms with van der Waals surface area (Å²) in [5, 5.41) is 17.0. The van der Waals surface area contributed by atoms with Gasteiger partial charge in [-0.05, 0) is 45.0 Å². The maximum atomic E-state index is 12.3. The third-order valence-corrected chi connectivity index (χ3v) is 4.49. The van der Waals surface area contributed by atoms with Gasteiger partial charge in [-0.15, -0.1) is 5.10 Å². The van der Waals surface area contributed by atoms with Gasteiger partial charge in [0.15, 0.2) is 5.69 Å². The summed E-state index contributed by atoms with van der Waals surface area (Å²) in [6.45, 7) is 4.00. The van der Waals surface area contributed by atoms with Gasteiger partial charge in [-0.2, -0.15) is 0 Å². The molecule has 0 spiro atoms. The molecule has 2 heterocycles. The van der Waals surface area contributed by atoms with Crippen molar-refractivity contribution in [2.75, 3.05) is 25.0 Å². The number of amides is 2. The van der Waals surface area contributed by atoms with Gasteiger partial charge in [0.2, 0.25) is 5.91 Å². The van der Waals surface area contributed by atoms with E-state index >= 15 is 0 Å². The molecule has 138 valence electrons. The zero-order valence-electron chi connectivity index (χ0n) is 14.9. The quantitative estimate of drug-likeness (QED) is 0.724. The van der Waals surface area contributed by atoms with Crippen molar-refractivity contribution in [2.45, 2.75) is 32.2 Å². The Bertz CT molecular complexity index is 752. The summed E-state index contributed by atoms with van der Waals surface area (Å²) in [6.07, 6.45) is 2.15. The highest BCUT2D eigenvalue weighted by atomic mass is 16.2. The summed E-state index contributed by atoms with van der Waals surface area (Å²) in [6, 6.07) is 9.51. The lowest BCUT2D eigenvalue weighted by Gasteiger charge is -2.23. The van der Waals surface area contributed by atoms with Crippen LogP contribution in [-0.2, 0) is 4.79 Å². The number of anilines is 1. The summed E-state index contributed by atoms with van der Waals surface area (Å²) in [5.41, 5.74) is 1.83. The number of nitrogens with zero attached hydrogens (tertiary/aromatic N) is 3. The van der Waals surface area contributed by atoms with Gasteiger partial charge < -0.3 is 16.0 Å². The topological polar surface area (TPSA) is 101 Å². The van der Waals surface area contributed by atoms with Gasteiger partial charge in [0.1, 0.15) is 0 Å². The molecule has 0 aliphatic carbocycles. The third kappa shape index (κ3) is 4.45. The maximum Gasteiger partial charge on any atom is 0.273 e. The average Bonchev–Trinajstić information content (AvgIpc) is 3.04. The number of benzene rings is 1. The number of carbonyl (C=O) groups is 2. The molecule has 1 aromatic carbocycles. The number of rotatable bonds is 6. The fourth-order valence-corrected chi connectivity index (χ4v) is 3.07. The van der Waals surface area contributed by atoms with Crippen LogP contribution in [-0.4, -0.2) is 46.4 Å². The molecule has 1 fully saturated rings. The fraction of sp³-hybridized carbons (Fsp3) is 0.444. The van der Waals surface area contributed by atoms with Crippen LogP contribution in [0.5, 0.6) is 0 Å². The average molecular weight is 356 g/mol. The lowest BCUT2D eigenvalue weighted by Crippen LogP contribution is -2.31. The Morgan fingerprint density at radius 2 is 1.96 bits per heavy atom. The minimum atomic E-state index is -0.296. The van der Waals surface area contributed by atoms with Crippen molar-refractivity contribution in [1.82, 2.24) is 25.6 Å². The molecule has 2 aromatic rings. The van der Waals surface area contributed by atoms with Crippen LogP contribution in [0.2, 0.25) is 0 Å². The van der Waals surface area contributed by atoms with Gasteiger partial charge in [-0.25, -0.2) is 4.68 Å². The van der Waals surface area contributed by atoms with Crippen LogP contribution in [0.4, 0.5) is 5.69 Å². The Hall–Kier alpha value is -2.74. The van der Waals surface area contributed by atoms with Crippen LogP contribution in [0.1, 0.15) is 41.5 Å². The fourth-order valence-electron chi connectivity index (χ4n) is 3.07. The minimum Gasteiger partial charge on any atom is -0.350 e. The molecule has 0 unspecified atom stereocenters. The number of hydrogen-bond acceptors (Lipinski definition) is 5. The van der Waals surface area contributed by atoms with Crippen molar-refractivity contribution in [3.63, 3.8) is 0 Å². The molecule has 0 atom stereocenters. The number of nitrogens with one attached hydrogen (secondary N) is 3. The zero-order valence-corrected chi connectivity index (χ0v) is 14.9. The van der Waals surface area contributed by atoms with Crippen LogP contribution >= 0.6 is 0 Å². The summed E-state index contributed by atoms with van der Waals surface area (Å²) in [5.74, 6) is -0.443. The molecule has 8 heteroatoms. The zero-order chi connectivity index (χ0) is 18.4. The van der Waals surface area contributed by atoms with Crippen LogP contribution in [0.3, 0.4) is 0 Å². The Morgan fingerprint density at radius 3 is 2.69 bits per heavy atom. The molecule has 3 N–H and O–H groups in total. The van der Waals surface area contributed by atoms with E-state index in [4.69, 9.17) is 0 Å². The molecular weight excluding hydrogens is 332 g/mol. The van der Waals surface area contributed by atoms with Gasteiger partial charge >= 0.3 is 0 Å². The van der Waals surface area contributed by atoms with Gasteiger partial charge in [-0.3, -0.25) is 9.59 Å². The molecule has 1 saturated heterocycles. The summed E-state index contributed by atoms with van der Waals surface area (Å²) in [7, 11) is 0. The van der Waals surface area contributed by atoms with Crippen LogP contribution in [0, 0.1) is 6.92 Å². The highest BCUT2D eigenvalue weighted by Gasteiger charge is 2.22. The first-order chi connectivity index (χ1) is 12.6. The monoisotopic (exact) mass is 356 g/mol. The molecule has 0 radical (unpaired) electrons. The van der Waals surface area contributed by atoms with Crippen molar-refractivity contribution in [3.8, 4) is 0 Å². The smallest absolute Gasteiger partial charge is 0.273 e. The first-order valence-electron chi connectivity index (χ1n) is 8.91. The van der Waals surface area contributed by atoms with Crippen molar-refractivity contribution in [3.05, 3.63) is 41.7 Å². The SMILES string of the molecule is Cc1c(C(=O)NCCC(=O)Nc2ccccc2)nnn1C1CCNCC1. The van der Waals surface area contributed by atoms with E-state index in [2.05, 4.69) is 26.3 Å². The molecule has 26 heavy (non-hydrogen) atoms. The van der Waals surface area contributed by atoms with Crippen molar-refractivity contribution in [2.24, 2.45) is 0 Å². The highest BCUT2D eigenvalue weighted by molar-refractivity contribution is 5.94. The standard InChI is InChI=1S/C18H24N6O2/c1-13-17(22-23-24(13)15-7-10-19-11-8-15)18(26)20-12-9-16(25)21-14-5-3-2-4-6-14/h2-6,15,19H,7-12H2,1H3,(H,20,26)(H,21,25). The lowest BCUT2D eigenvalue weighted by molar-refractivity contribution is -0.116. The van der Waals surface area contributed by atoms with E-state index in [0.29, 0.717) is 5.69 Å². The first-order valence-corrected chi connectivity index (χ1v) is 8.91. The van der Waals surface area contributed by atoms with E-state index in [9.17, 15) is 9.59 Å². The molecule has 2 amide bonds. The Labute approximate surface area is 152 Å². The van der Waals surface area contributed by atoms with E-state index in [-0.39, 0.29) is 30.8 Å². The molecule has 3 rings (SSSR count). The molecule has 1 aliphatic heterocycles. The Kier molecular flexibility index (Phi) is 5.96. The largest absolute Gasteiger partial charge is 0.350 e. The van der Waals surface area contributed by atoms with Gasteiger partial charge in [0, 0.05) is 18.7 Å². The van der Waals surface area contributed by atoms with E-state index in [0.717, 1.165) is 37.3 Å². The second-order valence-corrected chi connectivity index (χ2v) is 6.37. The first kappa shape index (κ1) is 18.1. The minimum absolute atomic E-state index is 0.147. The molecule has 8 nitrogen and oxygen atoms in total. The van der Waals surface area contributed by atoms with Gasteiger partial charge in [0.05, 0.1) is 11.7 Å². The van der Waals surface area contributed by atoms with Crippen molar-refractivity contribution < 1.29 is 9.59 Å². The molecule has 0 saturated carbocycles. The normalized spacial score (nSPS) is 14.8. The van der Waals surface area contributed by atoms with E-state index in [1.807, 2.05) is 41.9 Å². The second-order valence-electron chi connectivity index (χ2n) is 6.37. The highest BCUT2D eigenvalue weighted by Crippen LogP contribution is 2.20. The number of aromatic nitrogens is 3. The van der Waals surface area contributed by atoms with Crippen LogP contribution < -0.4 is 16.0 Å². The summed E-state index contributed by atoms with van der Waals surface area (Å²) < 4.78 is 1.85. The van der Waals surface area contributed by atoms with Gasteiger partial charge in [-0.1, -0.05) is 23.4 Å². The molecule has 1 aliphatic rings. The van der Waals surface area contributed by atoms with Crippen LogP contribution in [0.15, 0.2) is 30.3 Å². The molecule has 0 bridgehead atoms. The maximum absolute atomic E-state index is 12.3. The summed E-state index contributed by atoms with van der Waals surface area (Å²) in [4.78, 5) is 24.2. The van der Waals surface area contributed by atoms with E-state index in [1.165, 1.54) is 0 Å². The van der Waals surface area contributed by atoms with Gasteiger partial charge in [0.25, 0.3) is 5.91 Å². The van der Waals surface area contributed by atoms with E-state index in [1.54, 1.807) is 0 Å². The second kappa shape index (κ2) is 8.57. The van der Waals surface area contributed by atoms with Crippen LogP contribution in [0.25, 0.3) is 0 Å². The van der Waals surface area contributed by atoms with E-state index < -0.39 is 0 Å². The van der Waals surface area contributed by atoms with Crippen molar-refractivity contribution >= 4 is 17.5 Å².